The molecule has 0 fully saturated rings. The van der Waals surface area contributed by atoms with Crippen LogP contribution in [-0.2, 0) is 20.8 Å². The van der Waals surface area contributed by atoms with Gasteiger partial charge >= 0.3 is 11.9 Å². The highest BCUT2D eigenvalue weighted by atomic mass is 16.4. The van der Waals surface area contributed by atoms with Gasteiger partial charge in [-0.3, -0.25) is 14.4 Å². The quantitative estimate of drug-likeness (QED) is 0.812. The van der Waals surface area contributed by atoms with Gasteiger partial charge in [0.25, 0.3) is 0 Å². The fourth-order valence-electron chi connectivity index (χ4n) is 2.53. The van der Waals surface area contributed by atoms with Crippen LogP contribution in [-0.4, -0.2) is 48.2 Å². The van der Waals surface area contributed by atoms with Gasteiger partial charge in [0.15, 0.2) is 0 Å². The van der Waals surface area contributed by atoms with Gasteiger partial charge < -0.3 is 20.0 Å². The van der Waals surface area contributed by atoms with Gasteiger partial charge in [-0.05, 0) is 30.2 Å². The van der Waals surface area contributed by atoms with Gasteiger partial charge in [0, 0.05) is 31.4 Å². The zero-order chi connectivity index (χ0) is 16.3. The maximum absolute atomic E-state index is 12.0. The minimum atomic E-state index is -0.947. The van der Waals surface area contributed by atoms with Crippen molar-refractivity contribution in [2.45, 2.75) is 19.3 Å². The van der Waals surface area contributed by atoms with Crippen molar-refractivity contribution in [3.05, 3.63) is 23.8 Å². The lowest BCUT2D eigenvalue weighted by Gasteiger charge is -2.30. The lowest BCUT2D eigenvalue weighted by atomic mass is 10.00. The van der Waals surface area contributed by atoms with E-state index in [9.17, 15) is 14.4 Å². The van der Waals surface area contributed by atoms with Crippen molar-refractivity contribution in [1.29, 1.82) is 0 Å². The van der Waals surface area contributed by atoms with E-state index >= 15 is 0 Å². The Hall–Kier alpha value is -2.57. The topological polar surface area (TPSA) is 98.2 Å². The second kappa shape index (κ2) is 6.46. The summed E-state index contributed by atoms with van der Waals surface area (Å²) in [5, 5.41) is 17.6. The second-order valence-electron chi connectivity index (χ2n) is 5.25. The smallest absolute Gasteiger partial charge is 0.323 e. The van der Waals surface area contributed by atoms with Crippen LogP contribution in [0.25, 0.3) is 0 Å². The molecule has 1 aliphatic rings. The molecule has 0 aromatic heterocycles. The summed E-state index contributed by atoms with van der Waals surface area (Å²) in [6.45, 7) is 0.0337. The monoisotopic (exact) mass is 306 g/mol. The Morgan fingerprint density at radius 2 is 1.95 bits per heavy atom. The maximum Gasteiger partial charge on any atom is 0.323 e. The van der Waals surface area contributed by atoms with Crippen LogP contribution in [0.2, 0.25) is 0 Å². The molecular weight excluding hydrogens is 288 g/mol. The first-order valence-electron chi connectivity index (χ1n) is 6.96. The molecule has 1 aliphatic heterocycles. The van der Waals surface area contributed by atoms with Crippen LogP contribution in [0.3, 0.4) is 0 Å². The molecule has 0 saturated carbocycles. The number of aryl methyl sites for hydroxylation is 1. The molecule has 7 heteroatoms. The molecule has 0 bridgehead atoms. The number of carbonyl (C=O) groups is 3. The first-order valence-corrected chi connectivity index (χ1v) is 6.96. The molecule has 1 heterocycles. The summed E-state index contributed by atoms with van der Waals surface area (Å²) in [5.74, 6) is -1.95. The summed E-state index contributed by atoms with van der Waals surface area (Å²) >= 11 is 0. The standard InChI is InChI=1S/C15H18N2O5/c1-16(9-15(21)22)11-3-4-12-10(8-11)2-5-13(18)17(12)7-6-14(19)20/h3-4,8H,2,5-7,9H2,1H3,(H,19,20)(H,21,22). The van der Waals surface area contributed by atoms with E-state index < -0.39 is 11.9 Å². The molecule has 0 radical (unpaired) electrons. The van der Waals surface area contributed by atoms with E-state index in [1.165, 1.54) is 4.90 Å². The molecule has 2 N–H and O–H groups in total. The molecule has 0 atom stereocenters. The van der Waals surface area contributed by atoms with Gasteiger partial charge in [0.2, 0.25) is 5.91 Å². The molecule has 1 aromatic rings. The van der Waals surface area contributed by atoms with Crippen molar-refractivity contribution in [2.24, 2.45) is 0 Å². The van der Waals surface area contributed by atoms with Gasteiger partial charge in [-0.15, -0.1) is 0 Å². The number of carboxylic acid groups (broad SMARTS) is 2. The molecule has 1 amide bonds. The highest BCUT2D eigenvalue weighted by Gasteiger charge is 2.25. The van der Waals surface area contributed by atoms with Crippen molar-refractivity contribution < 1.29 is 24.6 Å². The summed E-state index contributed by atoms with van der Waals surface area (Å²) in [4.78, 5) is 36.6. The normalized spacial score (nSPS) is 13.7. The van der Waals surface area contributed by atoms with E-state index in [0.29, 0.717) is 18.5 Å². The molecule has 0 unspecified atom stereocenters. The lowest BCUT2D eigenvalue weighted by molar-refractivity contribution is -0.137. The van der Waals surface area contributed by atoms with Crippen LogP contribution in [0.1, 0.15) is 18.4 Å². The Morgan fingerprint density at radius 3 is 2.59 bits per heavy atom. The van der Waals surface area contributed by atoms with Gasteiger partial charge in [0.05, 0.1) is 6.42 Å². The predicted molar refractivity (Wildman–Crippen MR) is 80.3 cm³/mol. The van der Waals surface area contributed by atoms with Crippen molar-refractivity contribution in [1.82, 2.24) is 0 Å². The number of likely N-dealkylation sites (N-methyl/N-ethyl adjacent to an activating group) is 1. The molecule has 0 saturated heterocycles. The largest absolute Gasteiger partial charge is 0.481 e. The third-order valence-electron chi connectivity index (χ3n) is 3.63. The molecule has 2 rings (SSSR count). The van der Waals surface area contributed by atoms with Gasteiger partial charge in [-0.25, -0.2) is 0 Å². The lowest BCUT2D eigenvalue weighted by Crippen LogP contribution is -2.37. The maximum atomic E-state index is 12.0. The van der Waals surface area contributed by atoms with Crippen LogP contribution in [0.15, 0.2) is 18.2 Å². The summed E-state index contributed by atoms with van der Waals surface area (Å²) < 4.78 is 0. The fraction of sp³-hybridized carbons (Fsp3) is 0.400. The SMILES string of the molecule is CN(CC(=O)O)c1ccc2c(c1)CCC(=O)N2CCC(=O)O. The summed E-state index contributed by atoms with van der Waals surface area (Å²) in [6, 6.07) is 5.36. The number of hydrogen-bond acceptors (Lipinski definition) is 4. The predicted octanol–water partition coefficient (Wildman–Crippen LogP) is 0.961. The van der Waals surface area contributed by atoms with Crippen LogP contribution < -0.4 is 9.80 Å². The number of hydrogen-bond donors (Lipinski definition) is 2. The third-order valence-corrected chi connectivity index (χ3v) is 3.63. The number of anilines is 2. The fourth-order valence-corrected chi connectivity index (χ4v) is 2.53. The highest BCUT2D eigenvalue weighted by molar-refractivity contribution is 5.97. The zero-order valence-corrected chi connectivity index (χ0v) is 12.3. The summed E-state index contributed by atoms with van der Waals surface area (Å²) in [5.41, 5.74) is 2.40. The molecule has 118 valence electrons. The van der Waals surface area contributed by atoms with Gasteiger partial charge in [-0.1, -0.05) is 0 Å². The zero-order valence-electron chi connectivity index (χ0n) is 12.3. The van der Waals surface area contributed by atoms with Crippen LogP contribution in [0, 0.1) is 0 Å². The van der Waals surface area contributed by atoms with E-state index in [1.54, 1.807) is 24.1 Å². The Balaban J connectivity index is 2.24. The molecule has 0 aliphatic carbocycles. The first kappa shape index (κ1) is 15.8. The van der Waals surface area contributed by atoms with E-state index in [1.807, 2.05) is 6.07 Å². The number of fused-ring (bicyclic) bond motifs is 1. The van der Waals surface area contributed by atoms with Gasteiger partial charge in [-0.2, -0.15) is 0 Å². The number of rotatable bonds is 6. The van der Waals surface area contributed by atoms with Crippen LogP contribution in [0.5, 0.6) is 0 Å². The average Bonchev–Trinajstić information content (AvgIpc) is 2.44. The minimum absolute atomic E-state index is 0.0830. The number of nitrogens with zero attached hydrogens (tertiary/aromatic N) is 2. The van der Waals surface area contributed by atoms with E-state index in [-0.39, 0.29) is 25.4 Å². The van der Waals surface area contributed by atoms with Crippen LogP contribution >= 0.6 is 0 Å². The summed E-state index contributed by atoms with van der Waals surface area (Å²) in [6.07, 6.45) is 0.803. The molecule has 1 aromatic carbocycles. The van der Waals surface area contributed by atoms with E-state index in [0.717, 1.165) is 11.3 Å². The first-order chi connectivity index (χ1) is 10.4. The number of benzene rings is 1. The van der Waals surface area contributed by atoms with E-state index in [2.05, 4.69) is 0 Å². The number of carbonyl (C=O) groups excluding carboxylic acids is 1. The minimum Gasteiger partial charge on any atom is -0.481 e. The second-order valence-corrected chi connectivity index (χ2v) is 5.25. The number of amides is 1. The number of carboxylic acids is 2. The molecular formula is C15H18N2O5. The Morgan fingerprint density at radius 1 is 1.23 bits per heavy atom. The van der Waals surface area contributed by atoms with Crippen molar-refractivity contribution in [3.8, 4) is 0 Å². The molecule has 22 heavy (non-hydrogen) atoms. The van der Waals surface area contributed by atoms with Gasteiger partial charge in [0.1, 0.15) is 6.54 Å². The van der Waals surface area contributed by atoms with Crippen molar-refractivity contribution >= 4 is 29.2 Å². The third kappa shape index (κ3) is 3.55. The average molecular weight is 306 g/mol. The highest BCUT2D eigenvalue weighted by Crippen LogP contribution is 2.31. The van der Waals surface area contributed by atoms with Crippen LogP contribution in [0.4, 0.5) is 11.4 Å². The Bertz CT molecular complexity index is 614. The van der Waals surface area contributed by atoms with E-state index in [4.69, 9.17) is 10.2 Å². The van der Waals surface area contributed by atoms with Crippen molar-refractivity contribution in [2.75, 3.05) is 29.9 Å². The van der Waals surface area contributed by atoms with Crippen molar-refractivity contribution in [3.63, 3.8) is 0 Å². The Kier molecular flexibility index (Phi) is 4.65. The number of aliphatic carboxylic acids is 2. The molecule has 0 spiro atoms. The summed E-state index contributed by atoms with van der Waals surface area (Å²) in [7, 11) is 1.69. The Labute approximate surface area is 127 Å². The molecule has 7 nitrogen and oxygen atoms in total.